The number of benzene rings is 1. The van der Waals surface area contributed by atoms with Crippen molar-refractivity contribution in [2.75, 3.05) is 12.3 Å². The molecule has 0 aliphatic rings. The summed E-state index contributed by atoms with van der Waals surface area (Å²) in [6, 6.07) is 6.88. The topological polar surface area (TPSA) is 90.1 Å². The van der Waals surface area contributed by atoms with Crippen LogP contribution in [0.4, 0.5) is 5.69 Å². The molecule has 0 radical (unpaired) electrons. The number of nitrogens with zero attached hydrogens (tertiary/aromatic N) is 2. The van der Waals surface area contributed by atoms with Crippen molar-refractivity contribution >= 4 is 11.6 Å². The Morgan fingerprint density at radius 2 is 2.25 bits per heavy atom. The Kier molecular flexibility index (Phi) is 4.49. The molecule has 0 aliphatic carbocycles. The Morgan fingerprint density at radius 3 is 2.95 bits per heavy atom. The largest absolute Gasteiger partial charge is 0.493 e. The number of carbonyl (C=O) groups excluding carboxylic acids is 1. The Labute approximate surface area is 117 Å². The molecule has 0 bridgehead atoms. The van der Waals surface area contributed by atoms with Crippen LogP contribution in [0.3, 0.4) is 0 Å². The van der Waals surface area contributed by atoms with Gasteiger partial charge in [0.25, 0.3) is 5.91 Å². The van der Waals surface area contributed by atoms with Gasteiger partial charge in [0.2, 0.25) is 0 Å². The molecule has 1 amide bonds. The Balaban J connectivity index is 2.13. The zero-order valence-electron chi connectivity index (χ0n) is 11.2. The van der Waals surface area contributed by atoms with E-state index in [1.807, 2.05) is 6.92 Å². The summed E-state index contributed by atoms with van der Waals surface area (Å²) in [6.07, 6.45) is 3.06. The van der Waals surface area contributed by atoms with Crippen LogP contribution >= 0.6 is 0 Å². The molecule has 6 heteroatoms. The first-order valence-corrected chi connectivity index (χ1v) is 6.26. The van der Waals surface area contributed by atoms with Crippen LogP contribution in [0.15, 0.2) is 36.8 Å². The number of hydrogen-bond acceptors (Lipinski definition) is 5. The lowest BCUT2D eigenvalue weighted by molar-refractivity contribution is 0.0947. The molecule has 0 spiro atoms. The summed E-state index contributed by atoms with van der Waals surface area (Å²) in [5.74, 6) is 0.192. The van der Waals surface area contributed by atoms with Gasteiger partial charge in [0.05, 0.1) is 18.8 Å². The number of carbonyl (C=O) groups is 1. The van der Waals surface area contributed by atoms with Crippen molar-refractivity contribution in [2.24, 2.45) is 0 Å². The molecule has 0 aliphatic heterocycles. The molecule has 2 rings (SSSR count). The molecule has 0 fully saturated rings. The van der Waals surface area contributed by atoms with Gasteiger partial charge in [0.15, 0.2) is 0 Å². The van der Waals surface area contributed by atoms with Gasteiger partial charge in [0.1, 0.15) is 17.6 Å². The van der Waals surface area contributed by atoms with Crippen molar-refractivity contribution in [1.29, 1.82) is 0 Å². The number of rotatable bonds is 5. The third kappa shape index (κ3) is 3.23. The zero-order valence-corrected chi connectivity index (χ0v) is 11.2. The van der Waals surface area contributed by atoms with E-state index in [9.17, 15) is 4.79 Å². The molecule has 2 aromatic rings. The van der Waals surface area contributed by atoms with E-state index in [4.69, 9.17) is 10.5 Å². The molecule has 0 saturated carbocycles. The van der Waals surface area contributed by atoms with Crippen LogP contribution in [-0.4, -0.2) is 22.5 Å². The van der Waals surface area contributed by atoms with Crippen LogP contribution in [0.25, 0.3) is 0 Å². The summed E-state index contributed by atoms with van der Waals surface area (Å²) in [4.78, 5) is 20.1. The van der Waals surface area contributed by atoms with E-state index in [1.165, 1.54) is 6.33 Å². The quantitative estimate of drug-likeness (QED) is 0.803. The SMILES string of the molecule is CCOc1cccc(N)c1C(=O)NCc1ccncn1. The van der Waals surface area contributed by atoms with E-state index in [-0.39, 0.29) is 5.91 Å². The fraction of sp³-hybridized carbons (Fsp3) is 0.214. The van der Waals surface area contributed by atoms with Crippen LogP contribution in [0.1, 0.15) is 23.0 Å². The molecule has 6 nitrogen and oxygen atoms in total. The van der Waals surface area contributed by atoms with Crippen molar-refractivity contribution in [3.63, 3.8) is 0 Å². The van der Waals surface area contributed by atoms with E-state index in [0.29, 0.717) is 30.2 Å². The number of amides is 1. The van der Waals surface area contributed by atoms with Crippen LogP contribution in [0, 0.1) is 0 Å². The molecule has 20 heavy (non-hydrogen) atoms. The van der Waals surface area contributed by atoms with Gasteiger partial charge in [-0.2, -0.15) is 0 Å². The van der Waals surface area contributed by atoms with E-state index < -0.39 is 0 Å². The highest BCUT2D eigenvalue weighted by Crippen LogP contribution is 2.24. The van der Waals surface area contributed by atoms with Gasteiger partial charge in [-0.25, -0.2) is 9.97 Å². The van der Waals surface area contributed by atoms with Gasteiger partial charge in [-0.05, 0) is 25.1 Å². The summed E-state index contributed by atoms with van der Waals surface area (Å²) in [5, 5.41) is 2.77. The predicted octanol–water partition coefficient (Wildman–Crippen LogP) is 1.39. The molecule has 104 valence electrons. The summed E-state index contributed by atoms with van der Waals surface area (Å²) in [6.45, 7) is 2.63. The number of nitrogen functional groups attached to an aromatic ring is 1. The summed E-state index contributed by atoms with van der Waals surface area (Å²) >= 11 is 0. The first-order valence-electron chi connectivity index (χ1n) is 6.26. The smallest absolute Gasteiger partial charge is 0.257 e. The lowest BCUT2D eigenvalue weighted by Crippen LogP contribution is -2.25. The van der Waals surface area contributed by atoms with Crippen LogP contribution in [0.2, 0.25) is 0 Å². The minimum atomic E-state index is -0.287. The van der Waals surface area contributed by atoms with E-state index >= 15 is 0 Å². The fourth-order valence-corrected chi connectivity index (χ4v) is 1.75. The number of anilines is 1. The highest BCUT2D eigenvalue weighted by Gasteiger charge is 2.15. The van der Waals surface area contributed by atoms with Gasteiger partial charge in [-0.1, -0.05) is 6.07 Å². The number of aromatic nitrogens is 2. The van der Waals surface area contributed by atoms with Crippen LogP contribution in [0.5, 0.6) is 5.75 Å². The summed E-state index contributed by atoms with van der Waals surface area (Å²) < 4.78 is 5.42. The first kappa shape index (κ1) is 13.8. The Morgan fingerprint density at radius 1 is 1.40 bits per heavy atom. The molecule has 0 unspecified atom stereocenters. The standard InChI is InChI=1S/C14H16N4O2/c1-2-20-12-5-3-4-11(15)13(12)14(19)17-8-10-6-7-16-9-18-10/h3-7,9H,2,8,15H2,1H3,(H,17,19). The normalized spacial score (nSPS) is 10.1. The van der Waals surface area contributed by atoms with Gasteiger partial charge in [-0.3, -0.25) is 4.79 Å². The first-order chi connectivity index (χ1) is 9.72. The monoisotopic (exact) mass is 272 g/mol. The van der Waals surface area contributed by atoms with Gasteiger partial charge in [-0.15, -0.1) is 0 Å². The number of nitrogens with one attached hydrogen (secondary N) is 1. The fourth-order valence-electron chi connectivity index (χ4n) is 1.75. The number of hydrogen-bond donors (Lipinski definition) is 2. The second-order valence-electron chi connectivity index (χ2n) is 4.04. The van der Waals surface area contributed by atoms with Crippen molar-refractivity contribution < 1.29 is 9.53 Å². The van der Waals surface area contributed by atoms with Gasteiger partial charge >= 0.3 is 0 Å². The van der Waals surface area contributed by atoms with Gasteiger partial charge < -0.3 is 15.8 Å². The molecular formula is C14H16N4O2. The second kappa shape index (κ2) is 6.51. The minimum Gasteiger partial charge on any atom is -0.493 e. The van der Waals surface area contributed by atoms with Crippen LogP contribution < -0.4 is 15.8 Å². The summed E-state index contributed by atoms with van der Waals surface area (Å²) in [7, 11) is 0. The molecular weight excluding hydrogens is 256 g/mol. The maximum absolute atomic E-state index is 12.2. The van der Waals surface area contributed by atoms with E-state index in [0.717, 1.165) is 5.69 Å². The van der Waals surface area contributed by atoms with Crippen LogP contribution in [-0.2, 0) is 6.54 Å². The summed E-state index contributed by atoms with van der Waals surface area (Å²) in [5.41, 5.74) is 7.31. The van der Waals surface area contributed by atoms with Crippen molar-refractivity contribution in [1.82, 2.24) is 15.3 Å². The molecule has 1 aromatic heterocycles. The average Bonchev–Trinajstić information content (AvgIpc) is 2.46. The second-order valence-corrected chi connectivity index (χ2v) is 4.04. The number of nitrogens with two attached hydrogens (primary N) is 1. The predicted molar refractivity (Wildman–Crippen MR) is 75.2 cm³/mol. The Bertz CT molecular complexity index is 587. The molecule has 1 heterocycles. The minimum absolute atomic E-state index is 0.287. The van der Waals surface area contributed by atoms with Crippen molar-refractivity contribution in [3.05, 3.63) is 48.0 Å². The third-order valence-electron chi connectivity index (χ3n) is 2.66. The molecule has 1 aromatic carbocycles. The molecule has 3 N–H and O–H groups in total. The maximum atomic E-state index is 12.2. The van der Waals surface area contributed by atoms with Crippen molar-refractivity contribution in [3.8, 4) is 5.75 Å². The zero-order chi connectivity index (χ0) is 14.4. The number of ether oxygens (including phenoxy) is 1. The lowest BCUT2D eigenvalue weighted by Gasteiger charge is -2.12. The van der Waals surface area contributed by atoms with Gasteiger partial charge in [0, 0.05) is 11.9 Å². The van der Waals surface area contributed by atoms with Crippen molar-refractivity contribution in [2.45, 2.75) is 13.5 Å². The maximum Gasteiger partial charge on any atom is 0.257 e. The highest BCUT2D eigenvalue weighted by atomic mass is 16.5. The average molecular weight is 272 g/mol. The highest BCUT2D eigenvalue weighted by molar-refractivity contribution is 6.01. The molecule has 0 atom stereocenters. The third-order valence-corrected chi connectivity index (χ3v) is 2.66. The van der Waals surface area contributed by atoms with E-state index in [2.05, 4.69) is 15.3 Å². The van der Waals surface area contributed by atoms with E-state index in [1.54, 1.807) is 30.5 Å². The Hall–Kier alpha value is -2.63. The molecule has 0 saturated heterocycles. The lowest BCUT2D eigenvalue weighted by atomic mass is 10.1.